The molecule has 1 aliphatic heterocycles. The highest BCUT2D eigenvalue weighted by atomic mass is 16.4. The lowest BCUT2D eigenvalue weighted by Gasteiger charge is -2.35. The molecule has 0 saturated carbocycles. The summed E-state index contributed by atoms with van der Waals surface area (Å²) in [6.07, 6.45) is -0.656. The third kappa shape index (κ3) is 3.17. The lowest BCUT2D eigenvalue weighted by atomic mass is 9.90. The summed E-state index contributed by atoms with van der Waals surface area (Å²) in [5, 5.41) is 19.2. The van der Waals surface area contributed by atoms with Gasteiger partial charge in [-0.15, -0.1) is 0 Å². The van der Waals surface area contributed by atoms with Crippen LogP contribution in [0.25, 0.3) is 0 Å². The van der Waals surface area contributed by atoms with Crippen LogP contribution in [-0.4, -0.2) is 40.1 Å². The van der Waals surface area contributed by atoms with Crippen molar-refractivity contribution in [3.63, 3.8) is 0 Å². The molecule has 1 aromatic carbocycles. The maximum Gasteiger partial charge on any atom is 0.308 e. The van der Waals surface area contributed by atoms with Crippen molar-refractivity contribution >= 4 is 11.9 Å². The van der Waals surface area contributed by atoms with Crippen molar-refractivity contribution in [1.29, 1.82) is 0 Å². The van der Waals surface area contributed by atoms with Gasteiger partial charge >= 0.3 is 5.97 Å². The van der Waals surface area contributed by atoms with Gasteiger partial charge in [0.15, 0.2) is 6.10 Å². The zero-order valence-electron chi connectivity index (χ0n) is 11.4. The molecule has 0 bridgehead atoms. The molecular formula is C15H19NO4. The molecule has 0 aromatic heterocycles. The number of likely N-dealkylation sites (tertiary alicyclic amines) is 1. The average Bonchev–Trinajstić information content (AvgIpc) is 2.46. The van der Waals surface area contributed by atoms with E-state index in [1.54, 1.807) is 24.3 Å². The number of piperidine rings is 1. The Morgan fingerprint density at radius 1 is 1.25 bits per heavy atom. The fourth-order valence-electron chi connectivity index (χ4n) is 2.66. The van der Waals surface area contributed by atoms with Crippen molar-refractivity contribution in [2.24, 2.45) is 11.8 Å². The molecule has 5 heteroatoms. The lowest BCUT2D eigenvalue weighted by Crippen LogP contribution is -2.47. The maximum atomic E-state index is 12.3. The van der Waals surface area contributed by atoms with Gasteiger partial charge in [0.05, 0.1) is 5.92 Å². The van der Waals surface area contributed by atoms with Gasteiger partial charge in [-0.05, 0) is 17.9 Å². The average molecular weight is 277 g/mol. The van der Waals surface area contributed by atoms with Gasteiger partial charge in [-0.3, -0.25) is 9.59 Å². The molecule has 20 heavy (non-hydrogen) atoms. The normalized spacial score (nSPS) is 24.2. The van der Waals surface area contributed by atoms with Gasteiger partial charge in [0.1, 0.15) is 0 Å². The summed E-state index contributed by atoms with van der Waals surface area (Å²) >= 11 is 0. The summed E-state index contributed by atoms with van der Waals surface area (Å²) in [5.74, 6) is -1.74. The number of aliphatic carboxylic acids is 1. The standard InChI is InChI=1S/C15H19NO4/c1-10-7-12(15(19)20)9-16(8-10)14(18)13(17)11-5-3-2-4-6-11/h2-6,10,12-13,17H,7-9H2,1H3,(H,19,20)/t10?,12?,13-/m1/s1. The first-order valence-electron chi connectivity index (χ1n) is 6.73. The second-order valence-corrected chi connectivity index (χ2v) is 5.43. The van der Waals surface area contributed by atoms with Crippen molar-refractivity contribution in [3.05, 3.63) is 35.9 Å². The molecule has 1 aromatic rings. The number of hydrogen-bond acceptors (Lipinski definition) is 3. The fourth-order valence-corrected chi connectivity index (χ4v) is 2.66. The van der Waals surface area contributed by atoms with E-state index < -0.39 is 23.9 Å². The third-order valence-electron chi connectivity index (χ3n) is 3.67. The number of carbonyl (C=O) groups excluding carboxylic acids is 1. The molecule has 2 N–H and O–H groups in total. The molecule has 3 atom stereocenters. The molecule has 2 unspecified atom stereocenters. The maximum absolute atomic E-state index is 12.3. The summed E-state index contributed by atoms with van der Waals surface area (Å²) in [5.41, 5.74) is 0.530. The summed E-state index contributed by atoms with van der Waals surface area (Å²) < 4.78 is 0. The fraction of sp³-hybridized carbons (Fsp3) is 0.467. The lowest BCUT2D eigenvalue weighted by molar-refractivity contribution is -0.150. The smallest absolute Gasteiger partial charge is 0.308 e. The van der Waals surface area contributed by atoms with Crippen LogP contribution < -0.4 is 0 Å². The van der Waals surface area contributed by atoms with E-state index in [0.717, 1.165) is 0 Å². The third-order valence-corrected chi connectivity index (χ3v) is 3.67. The number of rotatable bonds is 3. The van der Waals surface area contributed by atoms with E-state index in [0.29, 0.717) is 18.5 Å². The Bertz CT molecular complexity index is 488. The van der Waals surface area contributed by atoms with Crippen LogP contribution in [0, 0.1) is 11.8 Å². The zero-order chi connectivity index (χ0) is 14.7. The SMILES string of the molecule is CC1CC(C(=O)O)CN(C(=O)[C@H](O)c2ccccc2)C1. The van der Waals surface area contributed by atoms with Crippen molar-refractivity contribution in [1.82, 2.24) is 4.90 Å². The Morgan fingerprint density at radius 2 is 1.90 bits per heavy atom. The van der Waals surface area contributed by atoms with Crippen LogP contribution in [0.2, 0.25) is 0 Å². The van der Waals surface area contributed by atoms with E-state index in [9.17, 15) is 14.7 Å². The topological polar surface area (TPSA) is 77.8 Å². The number of carbonyl (C=O) groups is 2. The predicted molar refractivity (Wildman–Crippen MR) is 72.9 cm³/mol. The second kappa shape index (κ2) is 6.05. The molecular weight excluding hydrogens is 258 g/mol. The first-order chi connectivity index (χ1) is 9.49. The number of benzene rings is 1. The monoisotopic (exact) mass is 277 g/mol. The predicted octanol–water partition coefficient (Wildman–Crippen LogP) is 1.29. The first-order valence-corrected chi connectivity index (χ1v) is 6.73. The van der Waals surface area contributed by atoms with Gasteiger partial charge in [0.25, 0.3) is 5.91 Å². The molecule has 0 radical (unpaired) electrons. The van der Waals surface area contributed by atoms with Crippen molar-refractivity contribution < 1.29 is 19.8 Å². The van der Waals surface area contributed by atoms with Gasteiger partial charge in [-0.2, -0.15) is 0 Å². The highest BCUT2D eigenvalue weighted by molar-refractivity contribution is 5.83. The van der Waals surface area contributed by atoms with Gasteiger partial charge in [-0.1, -0.05) is 37.3 Å². The Hall–Kier alpha value is -1.88. The van der Waals surface area contributed by atoms with E-state index in [1.807, 2.05) is 13.0 Å². The molecule has 1 amide bonds. The Balaban J connectivity index is 2.10. The summed E-state index contributed by atoms with van der Waals surface area (Å²) in [6.45, 7) is 2.58. The number of carboxylic acids is 1. The van der Waals surface area contributed by atoms with Crippen molar-refractivity contribution in [3.8, 4) is 0 Å². The highest BCUT2D eigenvalue weighted by Crippen LogP contribution is 2.25. The zero-order valence-corrected chi connectivity index (χ0v) is 11.4. The van der Waals surface area contributed by atoms with E-state index in [1.165, 1.54) is 4.90 Å². The highest BCUT2D eigenvalue weighted by Gasteiger charge is 2.34. The second-order valence-electron chi connectivity index (χ2n) is 5.43. The van der Waals surface area contributed by atoms with Gasteiger partial charge < -0.3 is 15.1 Å². The number of aliphatic hydroxyl groups excluding tert-OH is 1. The molecule has 108 valence electrons. The number of amides is 1. The molecule has 2 rings (SSSR count). The largest absolute Gasteiger partial charge is 0.481 e. The first kappa shape index (κ1) is 14.5. The number of hydrogen-bond donors (Lipinski definition) is 2. The molecule has 1 saturated heterocycles. The van der Waals surface area contributed by atoms with Crippen molar-refractivity contribution in [2.45, 2.75) is 19.4 Å². The summed E-state index contributed by atoms with van der Waals surface area (Å²) in [4.78, 5) is 24.9. The van der Waals surface area contributed by atoms with Crippen LogP contribution in [0.5, 0.6) is 0 Å². The molecule has 0 spiro atoms. The quantitative estimate of drug-likeness (QED) is 0.872. The summed E-state index contributed by atoms with van der Waals surface area (Å²) in [6, 6.07) is 8.69. The molecule has 1 heterocycles. The molecule has 5 nitrogen and oxygen atoms in total. The molecule has 0 aliphatic carbocycles. The van der Waals surface area contributed by atoms with Gasteiger partial charge in [0, 0.05) is 13.1 Å². The van der Waals surface area contributed by atoms with E-state index in [4.69, 9.17) is 5.11 Å². The van der Waals surface area contributed by atoms with Crippen LogP contribution in [-0.2, 0) is 9.59 Å². The minimum atomic E-state index is -1.23. The molecule has 1 fully saturated rings. The molecule has 1 aliphatic rings. The van der Waals surface area contributed by atoms with Crippen LogP contribution in [0.1, 0.15) is 25.0 Å². The number of nitrogens with zero attached hydrogens (tertiary/aromatic N) is 1. The Kier molecular flexibility index (Phi) is 4.39. The van der Waals surface area contributed by atoms with Crippen LogP contribution in [0.3, 0.4) is 0 Å². The number of carboxylic acid groups (broad SMARTS) is 1. The summed E-state index contributed by atoms with van der Waals surface area (Å²) in [7, 11) is 0. The van der Waals surface area contributed by atoms with Crippen molar-refractivity contribution in [2.75, 3.05) is 13.1 Å². The number of aliphatic hydroxyl groups is 1. The van der Waals surface area contributed by atoms with Gasteiger partial charge in [0.2, 0.25) is 0 Å². The van der Waals surface area contributed by atoms with Crippen LogP contribution in [0.4, 0.5) is 0 Å². The van der Waals surface area contributed by atoms with E-state index >= 15 is 0 Å². The Morgan fingerprint density at radius 3 is 2.50 bits per heavy atom. The van der Waals surface area contributed by atoms with E-state index in [2.05, 4.69) is 0 Å². The minimum absolute atomic E-state index is 0.122. The van der Waals surface area contributed by atoms with Crippen LogP contribution in [0.15, 0.2) is 30.3 Å². The Labute approximate surface area is 117 Å². The van der Waals surface area contributed by atoms with E-state index in [-0.39, 0.29) is 12.5 Å². The van der Waals surface area contributed by atoms with Crippen LogP contribution >= 0.6 is 0 Å². The van der Waals surface area contributed by atoms with Gasteiger partial charge in [-0.25, -0.2) is 0 Å². The minimum Gasteiger partial charge on any atom is -0.481 e.